The lowest BCUT2D eigenvalue weighted by atomic mass is 10.1. The molecule has 1 aromatic heterocycles. The van der Waals surface area contributed by atoms with Crippen molar-refractivity contribution in [2.24, 2.45) is 7.05 Å². The lowest BCUT2D eigenvalue weighted by molar-refractivity contribution is -0.134. The molecule has 0 radical (unpaired) electrons. The largest absolute Gasteiger partial charge is 0.339 e. The second-order valence-corrected chi connectivity index (χ2v) is 4.81. The standard InChI is InChI=1S/C14H14N4O3/c1-8-9(5-10(7-15)16(8)2)6-11-12(19)17(3)14(21)18(4)13(11)20/h5-6H,1-4H3. The van der Waals surface area contributed by atoms with E-state index >= 15 is 0 Å². The molecule has 0 aromatic carbocycles. The van der Waals surface area contributed by atoms with Crippen LogP contribution in [0.4, 0.5) is 4.79 Å². The lowest BCUT2D eigenvalue weighted by Crippen LogP contribution is -2.52. The zero-order valence-corrected chi connectivity index (χ0v) is 12.2. The molecule has 0 aliphatic carbocycles. The van der Waals surface area contributed by atoms with Crippen molar-refractivity contribution in [2.45, 2.75) is 6.92 Å². The fourth-order valence-electron chi connectivity index (χ4n) is 2.11. The zero-order valence-electron chi connectivity index (χ0n) is 12.2. The summed E-state index contributed by atoms with van der Waals surface area (Å²) >= 11 is 0. The summed E-state index contributed by atoms with van der Waals surface area (Å²) < 4.78 is 1.67. The Hall–Kier alpha value is -2.88. The van der Waals surface area contributed by atoms with Gasteiger partial charge in [-0.05, 0) is 24.6 Å². The van der Waals surface area contributed by atoms with E-state index in [4.69, 9.17) is 5.26 Å². The maximum absolute atomic E-state index is 12.1. The molecule has 108 valence electrons. The molecule has 21 heavy (non-hydrogen) atoms. The molecule has 0 unspecified atom stereocenters. The molecule has 0 spiro atoms. The van der Waals surface area contributed by atoms with E-state index < -0.39 is 17.8 Å². The third kappa shape index (κ3) is 2.10. The average Bonchev–Trinajstić information content (AvgIpc) is 2.75. The number of urea groups is 1. The van der Waals surface area contributed by atoms with Crippen molar-refractivity contribution in [3.05, 3.63) is 28.6 Å². The van der Waals surface area contributed by atoms with Crippen molar-refractivity contribution >= 4 is 23.9 Å². The van der Waals surface area contributed by atoms with E-state index in [1.54, 1.807) is 24.6 Å². The summed E-state index contributed by atoms with van der Waals surface area (Å²) in [6.45, 7) is 1.78. The number of hydrogen-bond acceptors (Lipinski definition) is 4. The fourth-order valence-corrected chi connectivity index (χ4v) is 2.11. The SMILES string of the molecule is Cc1c(C=C2C(=O)N(C)C(=O)N(C)C2=O)cc(C#N)n1C. The van der Waals surface area contributed by atoms with Crippen LogP contribution < -0.4 is 0 Å². The monoisotopic (exact) mass is 286 g/mol. The number of aromatic nitrogens is 1. The molecule has 1 saturated heterocycles. The Morgan fingerprint density at radius 2 is 1.62 bits per heavy atom. The third-order valence-corrected chi connectivity index (χ3v) is 3.63. The summed E-state index contributed by atoms with van der Waals surface area (Å²) in [6.07, 6.45) is 1.42. The summed E-state index contributed by atoms with van der Waals surface area (Å²) in [4.78, 5) is 37.6. The minimum Gasteiger partial charge on any atom is -0.339 e. The van der Waals surface area contributed by atoms with Crippen molar-refractivity contribution in [1.29, 1.82) is 5.26 Å². The number of hydrogen-bond donors (Lipinski definition) is 0. The van der Waals surface area contributed by atoms with Gasteiger partial charge in [-0.15, -0.1) is 0 Å². The predicted molar refractivity (Wildman–Crippen MR) is 73.8 cm³/mol. The minimum atomic E-state index is -0.662. The Balaban J connectivity index is 2.55. The lowest BCUT2D eigenvalue weighted by Gasteiger charge is -2.28. The van der Waals surface area contributed by atoms with Crippen LogP contribution in [-0.4, -0.2) is 46.3 Å². The van der Waals surface area contributed by atoms with E-state index in [1.165, 1.54) is 20.2 Å². The number of imide groups is 2. The number of carbonyl (C=O) groups excluding carboxylic acids is 3. The maximum atomic E-state index is 12.1. The molecule has 0 N–H and O–H groups in total. The van der Waals surface area contributed by atoms with Gasteiger partial charge >= 0.3 is 6.03 Å². The van der Waals surface area contributed by atoms with E-state index in [0.717, 1.165) is 15.5 Å². The Kier molecular flexibility index (Phi) is 3.39. The molecule has 0 saturated carbocycles. The van der Waals surface area contributed by atoms with E-state index in [0.29, 0.717) is 11.3 Å². The van der Waals surface area contributed by atoms with Gasteiger partial charge in [0.05, 0.1) is 0 Å². The highest BCUT2D eigenvalue weighted by Crippen LogP contribution is 2.21. The fraction of sp³-hybridized carbons (Fsp3) is 0.286. The summed E-state index contributed by atoms with van der Waals surface area (Å²) in [6, 6.07) is 2.96. The van der Waals surface area contributed by atoms with Crippen LogP contribution in [0.25, 0.3) is 6.08 Å². The molecule has 1 aromatic rings. The second-order valence-electron chi connectivity index (χ2n) is 4.81. The highest BCUT2D eigenvalue weighted by atomic mass is 16.2. The van der Waals surface area contributed by atoms with Crippen LogP contribution in [0.2, 0.25) is 0 Å². The van der Waals surface area contributed by atoms with Crippen LogP contribution >= 0.6 is 0 Å². The highest BCUT2D eigenvalue weighted by molar-refractivity contribution is 6.30. The van der Waals surface area contributed by atoms with Crippen LogP contribution in [0.15, 0.2) is 11.6 Å². The molecular weight excluding hydrogens is 272 g/mol. The highest BCUT2D eigenvalue weighted by Gasteiger charge is 2.37. The second kappa shape index (κ2) is 4.90. The maximum Gasteiger partial charge on any atom is 0.333 e. The molecule has 7 heteroatoms. The molecular formula is C14H14N4O3. The first-order valence-corrected chi connectivity index (χ1v) is 6.17. The van der Waals surface area contributed by atoms with Crippen molar-refractivity contribution in [3.8, 4) is 6.07 Å². The third-order valence-electron chi connectivity index (χ3n) is 3.63. The minimum absolute atomic E-state index is 0.0993. The van der Waals surface area contributed by atoms with Crippen molar-refractivity contribution in [2.75, 3.05) is 14.1 Å². The van der Waals surface area contributed by atoms with Gasteiger partial charge in [0.2, 0.25) is 0 Å². The number of barbiturate groups is 1. The Bertz CT molecular complexity index is 710. The van der Waals surface area contributed by atoms with Gasteiger partial charge in [0.15, 0.2) is 0 Å². The Morgan fingerprint density at radius 3 is 2.05 bits per heavy atom. The van der Waals surface area contributed by atoms with Gasteiger partial charge in [-0.2, -0.15) is 5.26 Å². The molecule has 1 aliphatic rings. The normalized spacial score (nSPS) is 15.6. The first-order chi connectivity index (χ1) is 9.79. The summed E-state index contributed by atoms with van der Waals surface area (Å²) in [7, 11) is 4.36. The van der Waals surface area contributed by atoms with Gasteiger partial charge in [0.25, 0.3) is 11.8 Å². The van der Waals surface area contributed by atoms with Crippen molar-refractivity contribution in [1.82, 2.24) is 14.4 Å². The van der Waals surface area contributed by atoms with Gasteiger partial charge in [0.1, 0.15) is 17.3 Å². The van der Waals surface area contributed by atoms with Gasteiger partial charge in [-0.3, -0.25) is 19.4 Å². The van der Waals surface area contributed by atoms with Crippen LogP contribution in [-0.2, 0) is 16.6 Å². The van der Waals surface area contributed by atoms with Gasteiger partial charge < -0.3 is 4.57 Å². The molecule has 0 atom stereocenters. The van der Waals surface area contributed by atoms with Crippen LogP contribution in [0, 0.1) is 18.3 Å². The van der Waals surface area contributed by atoms with Gasteiger partial charge in [-0.1, -0.05) is 0 Å². The van der Waals surface area contributed by atoms with Crippen molar-refractivity contribution < 1.29 is 14.4 Å². The van der Waals surface area contributed by atoms with Crippen LogP contribution in [0.1, 0.15) is 17.0 Å². The number of carbonyl (C=O) groups is 3. The van der Waals surface area contributed by atoms with E-state index in [-0.39, 0.29) is 5.57 Å². The first-order valence-electron chi connectivity index (χ1n) is 6.17. The van der Waals surface area contributed by atoms with Crippen LogP contribution in [0.3, 0.4) is 0 Å². The number of nitrogens with zero attached hydrogens (tertiary/aromatic N) is 4. The van der Waals surface area contributed by atoms with E-state index in [9.17, 15) is 14.4 Å². The first kappa shape index (κ1) is 14.5. The quantitative estimate of drug-likeness (QED) is 0.560. The predicted octanol–water partition coefficient (Wildman–Crippen LogP) is 0.639. The summed E-state index contributed by atoms with van der Waals surface area (Å²) in [5.41, 5.74) is 1.68. The van der Waals surface area contributed by atoms with Crippen molar-refractivity contribution in [3.63, 3.8) is 0 Å². The van der Waals surface area contributed by atoms with Gasteiger partial charge in [-0.25, -0.2) is 4.79 Å². The Labute approximate surface area is 121 Å². The molecule has 1 fully saturated rings. The van der Waals surface area contributed by atoms with E-state index in [1.807, 2.05) is 6.07 Å². The van der Waals surface area contributed by atoms with Gasteiger partial charge in [0, 0.05) is 26.8 Å². The molecule has 1 aliphatic heterocycles. The van der Waals surface area contributed by atoms with E-state index in [2.05, 4.69) is 0 Å². The molecule has 7 nitrogen and oxygen atoms in total. The zero-order chi connectivity index (χ0) is 15.9. The number of likely N-dealkylation sites (N-methyl/N-ethyl adjacent to an activating group) is 2. The molecule has 4 amide bonds. The number of amides is 4. The smallest absolute Gasteiger partial charge is 0.333 e. The summed E-state index contributed by atoms with van der Waals surface area (Å²) in [5, 5.41) is 9.00. The number of rotatable bonds is 1. The topological polar surface area (TPSA) is 86.4 Å². The molecule has 2 heterocycles. The average molecular weight is 286 g/mol. The van der Waals surface area contributed by atoms with Crippen LogP contribution in [0.5, 0.6) is 0 Å². The summed E-state index contributed by atoms with van der Waals surface area (Å²) in [5.74, 6) is -1.30. The number of nitriles is 1. The molecule has 2 rings (SSSR count). The molecule has 0 bridgehead atoms. The Morgan fingerprint density at radius 1 is 1.10 bits per heavy atom.